The maximum atomic E-state index is 5.54. The van der Waals surface area contributed by atoms with E-state index in [0.717, 1.165) is 13.7 Å². The number of ether oxygens (including phenoxy) is 1. The monoisotopic (exact) mass is 174 g/mol. The van der Waals surface area contributed by atoms with Gasteiger partial charge in [0.25, 0.3) is 0 Å². The lowest BCUT2D eigenvalue weighted by Crippen LogP contribution is -2.27. The fraction of sp³-hybridized carbons (Fsp3) is 0.455. The third kappa shape index (κ3) is 2.79. The molecule has 1 rings (SSSR count). The maximum absolute atomic E-state index is 5.54. The van der Waals surface area contributed by atoms with E-state index in [1.54, 1.807) is 0 Å². The van der Waals surface area contributed by atoms with Crippen LogP contribution in [0.4, 0.5) is 0 Å². The van der Waals surface area contributed by atoms with Crippen LogP contribution in [0.15, 0.2) is 23.7 Å². The summed E-state index contributed by atoms with van der Waals surface area (Å²) in [6, 6.07) is 0. The summed E-state index contributed by atoms with van der Waals surface area (Å²) in [5.41, 5.74) is 1.19. The minimum atomic E-state index is -0.189. The molecule has 0 aromatic rings. The lowest BCUT2D eigenvalue weighted by atomic mass is 9.69. The van der Waals surface area contributed by atoms with Crippen LogP contribution in [0, 0.1) is 12.3 Å². The molecule has 2 heteroatoms. The van der Waals surface area contributed by atoms with Gasteiger partial charge in [-0.25, -0.2) is 0 Å². The van der Waals surface area contributed by atoms with Gasteiger partial charge in [0.15, 0.2) is 7.28 Å². The summed E-state index contributed by atoms with van der Waals surface area (Å²) in [6.07, 6.45) is 12.5. The van der Waals surface area contributed by atoms with Crippen LogP contribution < -0.4 is 0 Å². The Labute approximate surface area is 81.1 Å². The Bertz CT molecular complexity index is 272. The molecule has 0 bridgehead atoms. The van der Waals surface area contributed by atoms with Gasteiger partial charge in [-0.1, -0.05) is 36.4 Å². The highest BCUT2D eigenvalue weighted by atomic mass is 16.5. The first-order valence-electron chi connectivity index (χ1n) is 4.66. The predicted octanol–water partition coefficient (Wildman–Crippen LogP) is 1.72. The quantitative estimate of drug-likeness (QED) is 0.467. The fourth-order valence-corrected chi connectivity index (χ4v) is 1.33. The van der Waals surface area contributed by atoms with Gasteiger partial charge in [0.2, 0.25) is 0 Å². The largest absolute Gasteiger partial charge is 0.358 e. The number of terminal acetylenes is 1. The molecule has 0 spiro atoms. The zero-order valence-corrected chi connectivity index (χ0v) is 8.34. The van der Waals surface area contributed by atoms with Crippen molar-refractivity contribution in [2.45, 2.75) is 25.8 Å². The van der Waals surface area contributed by atoms with Crippen LogP contribution in [0.3, 0.4) is 0 Å². The first kappa shape index (κ1) is 10.1. The van der Waals surface area contributed by atoms with Gasteiger partial charge in [-0.2, -0.15) is 0 Å². The smallest absolute Gasteiger partial charge is 0.154 e. The molecule has 0 heterocycles. The van der Waals surface area contributed by atoms with Crippen LogP contribution in [0.1, 0.15) is 13.3 Å². The second kappa shape index (κ2) is 4.34. The Balaban J connectivity index is 2.54. The van der Waals surface area contributed by atoms with E-state index in [-0.39, 0.29) is 5.60 Å². The SMILES string of the molecule is C#CCOC1(C)C=CC(BC)=CC1. The van der Waals surface area contributed by atoms with Gasteiger partial charge in [-0.05, 0) is 13.3 Å². The minimum absolute atomic E-state index is 0.189. The zero-order chi connectivity index (χ0) is 9.73. The number of allylic oxidation sites excluding steroid dienone is 2. The Kier molecular flexibility index (Phi) is 3.39. The maximum Gasteiger partial charge on any atom is 0.154 e. The van der Waals surface area contributed by atoms with Crippen LogP contribution in [-0.2, 0) is 4.74 Å². The van der Waals surface area contributed by atoms with Gasteiger partial charge in [-0.3, -0.25) is 0 Å². The van der Waals surface area contributed by atoms with Crippen molar-refractivity contribution in [3.05, 3.63) is 23.7 Å². The summed E-state index contributed by atoms with van der Waals surface area (Å²) < 4.78 is 5.54. The average Bonchev–Trinajstić information content (AvgIpc) is 2.16. The van der Waals surface area contributed by atoms with Crippen molar-refractivity contribution in [1.82, 2.24) is 0 Å². The normalized spacial score (nSPS) is 26.4. The zero-order valence-electron chi connectivity index (χ0n) is 8.34. The van der Waals surface area contributed by atoms with Crippen molar-refractivity contribution < 1.29 is 4.74 Å². The third-order valence-electron chi connectivity index (χ3n) is 2.31. The first-order valence-corrected chi connectivity index (χ1v) is 4.66. The summed E-state index contributed by atoms with van der Waals surface area (Å²) in [6.45, 7) is 4.60. The number of hydrogen-bond donors (Lipinski definition) is 0. The van der Waals surface area contributed by atoms with Gasteiger partial charge in [0.05, 0.1) is 5.60 Å². The molecule has 0 fully saturated rings. The molecule has 0 aromatic carbocycles. The van der Waals surface area contributed by atoms with Crippen LogP contribution in [-0.4, -0.2) is 19.5 Å². The van der Waals surface area contributed by atoms with Crippen LogP contribution >= 0.6 is 0 Å². The summed E-state index contributed by atoms with van der Waals surface area (Å²) in [7, 11) is 1.09. The topological polar surface area (TPSA) is 9.23 Å². The van der Waals surface area contributed by atoms with Crippen molar-refractivity contribution in [3.63, 3.8) is 0 Å². The molecule has 1 aliphatic carbocycles. The molecule has 1 nitrogen and oxygen atoms in total. The summed E-state index contributed by atoms with van der Waals surface area (Å²) in [5.74, 6) is 2.49. The second-order valence-electron chi connectivity index (χ2n) is 3.48. The standard InChI is InChI=1S/C11H15BO/c1-4-9-13-11(2)7-5-10(12-3)6-8-11/h1,5-7,12H,8-9H2,2-3H3. The lowest BCUT2D eigenvalue weighted by molar-refractivity contribution is 0.0284. The van der Waals surface area contributed by atoms with Crippen LogP contribution in [0.25, 0.3) is 0 Å². The van der Waals surface area contributed by atoms with Gasteiger partial charge in [-0.15, -0.1) is 6.42 Å². The second-order valence-corrected chi connectivity index (χ2v) is 3.48. The molecular weight excluding hydrogens is 159 g/mol. The number of rotatable bonds is 3. The molecule has 1 atom stereocenters. The Morgan fingerprint density at radius 1 is 1.77 bits per heavy atom. The molecule has 1 unspecified atom stereocenters. The molecule has 0 aromatic heterocycles. The molecular formula is C11H15BO. The van der Waals surface area contributed by atoms with Gasteiger partial charge >= 0.3 is 0 Å². The molecule has 68 valence electrons. The minimum Gasteiger partial charge on any atom is -0.358 e. The Morgan fingerprint density at radius 3 is 3.00 bits per heavy atom. The van der Waals surface area contributed by atoms with E-state index in [9.17, 15) is 0 Å². The van der Waals surface area contributed by atoms with E-state index < -0.39 is 0 Å². The molecule has 0 aliphatic heterocycles. The Morgan fingerprint density at radius 2 is 2.54 bits per heavy atom. The molecule has 1 aliphatic rings. The third-order valence-corrected chi connectivity index (χ3v) is 2.31. The number of hydrogen-bond acceptors (Lipinski definition) is 1. The fourth-order valence-electron chi connectivity index (χ4n) is 1.33. The predicted molar refractivity (Wildman–Crippen MR) is 58.0 cm³/mol. The van der Waals surface area contributed by atoms with Crippen molar-refractivity contribution in [3.8, 4) is 12.3 Å². The first-order chi connectivity index (χ1) is 6.20. The molecule has 0 amide bonds. The van der Waals surface area contributed by atoms with Crippen molar-refractivity contribution >= 4 is 7.28 Å². The average molecular weight is 174 g/mol. The van der Waals surface area contributed by atoms with E-state index in [1.807, 2.05) is 0 Å². The van der Waals surface area contributed by atoms with Gasteiger partial charge in [0, 0.05) is 0 Å². The summed E-state index contributed by atoms with van der Waals surface area (Å²) >= 11 is 0. The van der Waals surface area contributed by atoms with Crippen molar-refractivity contribution in [1.29, 1.82) is 0 Å². The molecule has 0 N–H and O–H groups in total. The van der Waals surface area contributed by atoms with Crippen LogP contribution in [0.2, 0.25) is 6.82 Å². The van der Waals surface area contributed by atoms with Crippen LogP contribution in [0.5, 0.6) is 0 Å². The summed E-state index contributed by atoms with van der Waals surface area (Å²) in [4.78, 5) is 0. The molecule has 0 radical (unpaired) electrons. The molecule has 13 heavy (non-hydrogen) atoms. The van der Waals surface area contributed by atoms with E-state index in [0.29, 0.717) is 6.61 Å². The molecule has 0 saturated heterocycles. The van der Waals surface area contributed by atoms with Crippen molar-refractivity contribution in [2.75, 3.05) is 6.61 Å². The van der Waals surface area contributed by atoms with E-state index in [2.05, 4.69) is 37.9 Å². The Hall–Kier alpha value is -0.935. The lowest BCUT2D eigenvalue weighted by Gasteiger charge is -2.27. The highest BCUT2D eigenvalue weighted by molar-refractivity contribution is 6.44. The van der Waals surface area contributed by atoms with Crippen molar-refractivity contribution in [2.24, 2.45) is 0 Å². The van der Waals surface area contributed by atoms with Gasteiger partial charge < -0.3 is 4.74 Å². The highest BCUT2D eigenvalue weighted by Gasteiger charge is 2.22. The summed E-state index contributed by atoms with van der Waals surface area (Å²) in [5, 5.41) is 0. The van der Waals surface area contributed by atoms with E-state index in [4.69, 9.17) is 11.2 Å². The highest BCUT2D eigenvalue weighted by Crippen LogP contribution is 2.23. The van der Waals surface area contributed by atoms with E-state index >= 15 is 0 Å². The van der Waals surface area contributed by atoms with Gasteiger partial charge in [0.1, 0.15) is 6.61 Å². The van der Waals surface area contributed by atoms with E-state index in [1.165, 1.54) is 5.47 Å². The molecule has 0 saturated carbocycles.